The number of hydrogen-bond donors (Lipinski definition) is 0. The predicted octanol–water partition coefficient (Wildman–Crippen LogP) is 11.7. The maximum absolute atomic E-state index is 13.0. The number of ether oxygens (including phenoxy) is 4. The molecule has 2 fully saturated rings. The van der Waals surface area contributed by atoms with E-state index in [1.165, 1.54) is 51.4 Å². The van der Waals surface area contributed by atoms with Gasteiger partial charge >= 0.3 is 17.9 Å². The van der Waals surface area contributed by atoms with Gasteiger partial charge in [0, 0.05) is 19.4 Å². The molecule has 2 unspecified atom stereocenters. The summed E-state index contributed by atoms with van der Waals surface area (Å²) in [7, 11) is 2.00. The summed E-state index contributed by atoms with van der Waals surface area (Å²) in [6.07, 6.45) is 41.8. The third-order valence-electron chi connectivity index (χ3n) is 11.0. The SMILES string of the molecule is CCCCC/C=C\C/C=C\CCCCCCCC(=O)OC1CO[C@H](COC(=O)C2(C)CCN(C)C2)[C@@H]1OC(=O)CCCCCCC/C=C\C/C=C\CCCCC. The lowest BCUT2D eigenvalue weighted by atomic mass is 9.90. The molecular weight excluding hydrogens is 703 g/mol. The number of allylic oxidation sites excluding steroid dienone is 8. The highest BCUT2D eigenvalue weighted by Crippen LogP contribution is 2.31. The van der Waals surface area contributed by atoms with Crippen molar-refractivity contribution in [1.29, 1.82) is 0 Å². The number of nitrogens with zero attached hydrogens (tertiary/aromatic N) is 1. The van der Waals surface area contributed by atoms with Crippen LogP contribution in [0.3, 0.4) is 0 Å². The van der Waals surface area contributed by atoms with Crippen molar-refractivity contribution in [1.82, 2.24) is 4.90 Å². The van der Waals surface area contributed by atoms with Crippen LogP contribution >= 0.6 is 0 Å². The molecule has 0 aromatic rings. The van der Waals surface area contributed by atoms with Gasteiger partial charge in [0.15, 0.2) is 12.2 Å². The van der Waals surface area contributed by atoms with Crippen LogP contribution in [0.4, 0.5) is 0 Å². The predicted molar refractivity (Wildman–Crippen MR) is 229 cm³/mol. The number of unbranched alkanes of at least 4 members (excludes halogenated alkanes) is 16. The van der Waals surface area contributed by atoms with Crippen molar-refractivity contribution in [2.75, 3.05) is 33.4 Å². The van der Waals surface area contributed by atoms with Crippen molar-refractivity contribution in [3.05, 3.63) is 48.6 Å². The van der Waals surface area contributed by atoms with Crippen molar-refractivity contribution in [2.24, 2.45) is 5.41 Å². The summed E-state index contributed by atoms with van der Waals surface area (Å²) in [6, 6.07) is 0. The van der Waals surface area contributed by atoms with E-state index < -0.39 is 23.7 Å². The van der Waals surface area contributed by atoms with Gasteiger partial charge in [-0.2, -0.15) is 0 Å². The van der Waals surface area contributed by atoms with E-state index in [2.05, 4.69) is 67.4 Å². The van der Waals surface area contributed by atoms with Crippen molar-refractivity contribution in [3.63, 3.8) is 0 Å². The van der Waals surface area contributed by atoms with Crippen LogP contribution in [0.1, 0.15) is 181 Å². The lowest BCUT2D eigenvalue weighted by molar-refractivity contribution is -0.170. The van der Waals surface area contributed by atoms with Gasteiger partial charge in [0.05, 0.1) is 12.0 Å². The topological polar surface area (TPSA) is 91.4 Å². The third kappa shape index (κ3) is 23.5. The Bertz CT molecular complexity index is 1160. The second kappa shape index (κ2) is 32.3. The van der Waals surface area contributed by atoms with E-state index in [9.17, 15) is 14.4 Å². The molecule has 4 atom stereocenters. The molecule has 0 N–H and O–H groups in total. The van der Waals surface area contributed by atoms with E-state index in [1.54, 1.807) is 0 Å². The number of likely N-dealkylation sites (tertiary alicyclic amines) is 1. The summed E-state index contributed by atoms with van der Waals surface area (Å²) in [5.41, 5.74) is -0.575. The molecule has 2 saturated heterocycles. The van der Waals surface area contributed by atoms with Gasteiger partial charge in [-0.1, -0.05) is 127 Å². The fourth-order valence-corrected chi connectivity index (χ4v) is 7.33. The van der Waals surface area contributed by atoms with Crippen molar-refractivity contribution >= 4 is 17.9 Å². The van der Waals surface area contributed by atoms with Crippen LogP contribution in [0.2, 0.25) is 0 Å². The maximum atomic E-state index is 13.0. The number of carbonyl (C=O) groups is 3. The summed E-state index contributed by atoms with van der Waals surface area (Å²) >= 11 is 0. The molecule has 0 amide bonds. The Kier molecular flexibility index (Phi) is 28.5. The molecule has 56 heavy (non-hydrogen) atoms. The molecule has 2 aliphatic rings. The molecule has 8 nitrogen and oxygen atoms in total. The van der Waals surface area contributed by atoms with Gasteiger partial charge in [0.1, 0.15) is 12.7 Å². The molecule has 2 rings (SSSR count). The summed E-state index contributed by atoms with van der Waals surface area (Å²) in [6.45, 7) is 7.94. The molecule has 2 aliphatic heterocycles. The van der Waals surface area contributed by atoms with Gasteiger partial charge in [-0.15, -0.1) is 0 Å². The standard InChI is InChI=1S/C48H81NO7/c1-5-7-9-11-13-15-17-19-21-23-25-27-29-31-33-35-44(50)55-43-40-53-42(39-54-47(52)48(3)37-38-49(4)41-48)46(43)56-45(51)36-34-32-30-28-26-24-22-20-18-16-14-12-10-8-6-2/h13-16,19-22,42-43,46H,5-12,17-18,23-41H2,1-4H3/b15-13-,16-14-,21-19-,22-20-/t42-,43?,46+,48?/m1/s1. The number of esters is 3. The Balaban J connectivity index is 1.70. The Morgan fingerprint density at radius 1 is 0.643 bits per heavy atom. The monoisotopic (exact) mass is 784 g/mol. The Morgan fingerprint density at radius 3 is 1.59 bits per heavy atom. The lowest BCUT2D eigenvalue weighted by Gasteiger charge is -2.25. The van der Waals surface area contributed by atoms with Crippen molar-refractivity contribution in [2.45, 2.75) is 200 Å². The highest BCUT2D eigenvalue weighted by molar-refractivity contribution is 5.77. The average molecular weight is 784 g/mol. The van der Waals surface area contributed by atoms with E-state index in [1.807, 2.05) is 14.0 Å². The molecule has 0 radical (unpaired) electrons. The molecule has 0 bridgehead atoms. The van der Waals surface area contributed by atoms with E-state index in [4.69, 9.17) is 18.9 Å². The smallest absolute Gasteiger partial charge is 0.313 e. The first-order valence-electron chi connectivity index (χ1n) is 22.7. The molecule has 0 aromatic carbocycles. The minimum atomic E-state index is -0.805. The van der Waals surface area contributed by atoms with Crippen LogP contribution in [0.15, 0.2) is 48.6 Å². The van der Waals surface area contributed by atoms with Gasteiger partial charge in [0.2, 0.25) is 0 Å². The van der Waals surface area contributed by atoms with Gasteiger partial charge < -0.3 is 23.8 Å². The van der Waals surface area contributed by atoms with Crippen LogP contribution in [-0.4, -0.2) is 74.5 Å². The van der Waals surface area contributed by atoms with E-state index in [-0.39, 0.29) is 31.1 Å². The van der Waals surface area contributed by atoms with E-state index >= 15 is 0 Å². The molecule has 0 aliphatic carbocycles. The van der Waals surface area contributed by atoms with E-state index in [0.29, 0.717) is 19.4 Å². The average Bonchev–Trinajstić information content (AvgIpc) is 3.74. The second-order valence-electron chi connectivity index (χ2n) is 16.5. The zero-order chi connectivity index (χ0) is 40.5. The minimum Gasteiger partial charge on any atom is -0.462 e. The Labute approximate surface area is 342 Å². The van der Waals surface area contributed by atoms with Crippen LogP contribution in [0.5, 0.6) is 0 Å². The van der Waals surface area contributed by atoms with Gasteiger partial charge in [-0.25, -0.2) is 0 Å². The van der Waals surface area contributed by atoms with Crippen molar-refractivity contribution in [3.8, 4) is 0 Å². The maximum Gasteiger partial charge on any atom is 0.313 e. The van der Waals surface area contributed by atoms with Crippen molar-refractivity contribution < 1.29 is 33.3 Å². The molecule has 2 heterocycles. The molecule has 320 valence electrons. The lowest BCUT2D eigenvalue weighted by Crippen LogP contribution is -2.41. The quantitative estimate of drug-likeness (QED) is 0.0281. The summed E-state index contributed by atoms with van der Waals surface area (Å²) in [4.78, 5) is 41.1. The number of rotatable bonds is 33. The third-order valence-corrected chi connectivity index (χ3v) is 11.0. The fraction of sp³-hybridized carbons (Fsp3) is 0.771. The van der Waals surface area contributed by atoms with Gasteiger partial charge in [-0.05, 0) is 104 Å². The first kappa shape index (κ1) is 49.4. The zero-order valence-corrected chi connectivity index (χ0v) is 36.2. The first-order valence-corrected chi connectivity index (χ1v) is 22.7. The van der Waals surface area contributed by atoms with Crippen LogP contribution < -0.4 is 0 Å². The molecular formula is C48H81NO7. The normalized spacial score (nSPS) is 21.7. The van der Waals surface area contributed by atoms with Crippen LogP contribution in [-0.2, 0) is 33.3 Å². The number of hydrogen-bond acceptors (Lipinski definition) is 8. The largest absolute Gasteiger partial charge is 0.462 e. The minimum absolute atomic E-state index is 0.0429. The van der Waals surface area contributed by atoms with Crippen LogP contribution in [0, 0.1) is 5.41 Å². The number of carbonyl (C=O) groups excluding carboxylic acids is 3. The molecule has 8 heteroatoms. The second-order valence-corrected chi connectivity index (χ2v) is 16.5. The summed E-state index contributed by atoms with van der Waals surface area (Å²) in [5.74, 6) is -0.915. The Hall–Kier alpha value is -2.71. The summed E-state index contributed by atoms with van der Waals surface area (Å²) < 4.78 is 23.4. The van der Waals surface area contributed by atoms with Crippen LogP contribution in [0.25, 0.3) is 0 Å². The van der Waals surface area contributed by atoms with Gasteiger partial charge in [0.25, 0.3) is 0 Å². The molecule has 0 aromatic heterocycles. The molecule has 0 spiro atoms. The zero-order valence-electron chi connectivity index (χ0n) is 36.2. The molecule has 0 saturated carbocycles. The highest BCUT2D eigenvalue weighted by atomic mass is 16.6. The fourth-order valence-electron chi connectivity index (χ4n) is 7.33. The summed E-state index contributed by atoms with van der Waals surface area (Å²) in [5, 5.41) is 0. The van der Waals surface area contributed by atoms with E-state index in [0.717, 1.165) is 103 Å². The van der Waals surface area contributed by atoms with Gasteiger partial charge in [-0.3, -0.25) is 14.4 Å². The highest BCUT2D eigenvalue weighted by Gasteiger charge is 2.45. The Morgan fingerprint density at radius 2 is 1.11 bits per heavy atom. The first-order chi connectivity index (χ1) is 27.3.